The lowest BCUT2D eigenvalue weighted by Crippen LogP contribution is -2.32. The van der Waals surface area contributed by atoms with Crippen LogP contribution in [-0.2, 0) is 31.7 Å². The maximum Gasteiger partial charge on any atom is 0.416 e. The molecule has 0 bridgehead atoms. The zero-order valence-electron chi connectivity index (χ0n) is 18.9. The van der Waals surface area contributed by atoms with Gasteiger partial charge in [0.25, 0.3) is 0 Å². The number of hydrogen-bond donors (Lipinski definition) is 0. The Morgan fingerprint density at radius 1 is 0.971 bits per heavy atom. The Labute approximate surface area is 201 Å². The van der Waals surface area contributed by atoms with Crippen LogP contribution in [0.3, 0.4) is 0 Å². The third-order valence-corrected chi connectivity index (χ3v) is 7.78. The Kier molecular flexibility index (Phi) is 6.19. The Morgan fingerprint density at radius 3 is 2.26 bits per heavy atom. The SMILES string of the molecule is CC1CCN(Cc2nc(Oc3cc(C(F)(F)F)cc(C(F)(F)F)c3)c3c4c(sc3n2)CCC4)CC1. The van der Waals surface area contributed by atoms with Gasteiger partial charge in [0.05, 0.1) is 23.1 Å². The number of ether oxygens (including phenoxy) is 1. The molecule has 2 aliphatic rings. The van der Waals surface area contributed by atoms with E-state index in [1.165, 1.54) is 11.3 Å². The summed E-state index contributed by atoms with van der Waals surface area (Å²) in [5.41, 5.74) is -1.88. The van der Waals surface area contributed by atoms with Crippen LogP contribution in [0.2, 0.25) is 0 Å². The second-order valence-corrected chi connectivity index (χ2v) is 10.4. The van der Waals surface area contributed by atoms with Gasteiger partial charge in [-0.3, -0.25) is 4.90 Å². The van der Waals surface area contributed by atoms with Gasteiger partial charge in [0.2, 0.25) is 5.88 Å². The first-order valence-corrected chi connectivity index (χ1v) is 12.3. The molecule has 0 unspecified atom stereocenters. The zero-order valence-corrected chi connectivity index (χ0v) is 19.7. The molecule has 1 aliphatic carbocycles. The van der Waals surface area contributed by atoms with Gasteiger partial charge in [-0.05, 0) is 74.9 Å². The molecule has 0 N–H and O–H groups in total. The van der Waals surface area contributed by atoms with Gasteiger partial charge in [-0.25, -0.2) is 4.98 Å². The van der Waals surface area contributed by atoms with E-state index in [1.807, 2.05) is 0 Å². The standard InChI is InChI=1S/C24H23F6N3OS/c1-13-5-7-33(8-6-13)12-19-31-21(20-17-3-2-4-18(17)35-22(20)32-19)34-16-10-14(23(25,26)27)9-15(11-16)24(28,29)30/h9-11,13H,2-8,12H2,1H3. The smallest absolute Gasteiger partial charge is 0.416 e. The molecule has 1 saturated heterocycles. The monoisotopic (exact) mass is 515 g/mol. The highest BCUT2D eigenvalue weighted by Crippen LogP contribution is 2.43. The molecule has 35 heavy (non-hydrogen) atoms. The number of fused-ring (bicyclic) bond motifs is 3. The summed E-state index contributed by atoms with van der Waals surface area (Å²) in [5, 5.41) is 0.587. The first-order chi connectivity index (χ1) is 16.5. The maximum absolute atomic E-state index is 13.4. The number of benzene rings is 1. The van der Waals surface area contributed by atoms with Crippen molar-refractivity contribution < 1.29 is 31.1 Å². The second kappa shape index (κ2) is 8.92. The van der Waals surface area contributed by atoms with Crippen molar-refractivity contribution in [3.8, 4) is 11.6 Å². The molecule has 2 aromatic heterocycles. The fourth-order valence-electron chi connectivity index (χ4n) is 4.67. The topological polar surface area (TPSA) is 38.2 Å². The van der Waals surface area contributed by atoms with E-state index in [-0.39, 0.29) is 11.9 Å². The summed E-state index contributed by atoms with van der Waals surface area (Å²) in [6.07, 6.45) is -5.30. The zero-order chi connectivity index (χ0) is 25.0. The number of aromatic nitrogens is 2. The molecule has 4 nitrogen and oxygen atoms in total. The van der Waals surface area contributed by atoms with Crippen LogP contribution in [-0.4, -0.2) is 28.0 Å². The maximum atomic E-state index is 13.4. The number of rotatable bonds is 4. The lowest BCUT2D eigenvalue weighted by molar-refractivity contribution is -0.143. The van der Waals surface area contributed by atoms with E-state index in [4.69, 9.17) is 9.72 Å². The van der Waals surface area contributed by atoms with E-state index in [0.717, 1.165) is 55.6 Å². The van der Waals surface area contributed by atoms with Gasteiger partial charge in [0.1, 0.15) is 16.4 Å². The third kappa shape index (κ3) is 5.11. The van der Waals surface area contributed by atoms with Crippen molar-refractivity contribution in [3.63, 3.8) is 0 Å². The summed E-state index contributed by atoms with van der Waals surface area (Å²) in [6, 6.07) is 1.26. The van der Waals surface area contributed by atoms with E-state index in [1.54, 1.807) is 0 Å². The van der Waals surface area contributed by atoms with Gasteiger partial charge in [-0.2, -0.15) is 31.3 Å². The van der Waals surface area contributed by atoms with Crippen LogP contribution in [0.15, 0.2) is 18.2 Å². The molecule has 1 aliphatic heterocycles. The van der Waals surface area contributed by atoms with Gasteiger partial charge in [0, 0.05) is 4.88 Å². The molecule has 188 valence electrons. The summed E-state index contributed by atoms with van der Waals surface area (Å²) in [7, 11) is 0. The normalized spacial score (nSPS) is 17.8. The predicted octanol–water partition coefficient (Wildman–Crippen LogP) is 7.24. The number of halogens is 6. The molecule has 3 heterocycles. The fraction of sp³-hybridized carbons (Fsp3) is 0.500. The molecular weight excluding hydrogens is 492 g/mol. The average Bonchev–Trinajstić information content (AvgIpc) is 3.35. The van der Waals surface area contributed by atoms with E-state index >= 15 is 0 Å². The molecule has 5 rings (SSSR count). The minimum Gasteiger partial charge on any atom is -0.438 e. The Bertz CT molecular complexity index is 1210. The first kappa shape index (κ1) is 24.3. The van der Waals surface area contributed by atoms with Crippen molar-refractivity contribution >= 4 is 21.6 Å². The van der Waals surface area contributed by atoms with Crippen molar-refractivity contribution in [2.45, 2.75) is 57.9 Å². The van der Waals surface area contributed by atoms with Crippen molar-refractivity contribution in [1.29, 1.82) is 0 Å². The summed E-state index contributed by atoms with van der Waals surface area (Å²) in [6.45, 7) is 4.39. The van der Waals surface area contributed by atoms with Crippen LogP contribution in [0, 0.1) is 5.92 Å². The minimum absolute atomic E-state index is 0.0160. The number of piperidine rings is 1. The highest BCUT2D eigenvalue weighted by molar-refractivity contribution is 7.19. The molecule has 0 atom stereocenters. The molecular formula is C24H23F6N3OS. The molecule has 1 aromatic carbocycles. The van der Waals surface area contributed by atoms with Crippen LogP contribution >= 0.6 is 11.3 Å². The van der Waals surface area contributed by atoms with Crippen LogP contribution in [0.1, 0.15) is 53.6 Å². The number of hydrogen-bond acceptors (Lipinski definition) is 5. The van der Waals surface area contributed by atoms with Crippen molar-refractivity contribution in [1.82, 2.24) is 14.9 Å². The number of aryl methyl sites for hydroxylation is 2. The van der Waals surface area contributed by atoms with Crippen molar-refractivity contribution in [3.05, 3.63) is 45.6 Å². The van der Waals surface area contributed by atoms with Crippen LogP contribution in [0.4, 0.5) is 26.3 Å². The van der Waals surface area contributed by atoms with Crippen LogP contribution in [0.5, 0.6) is 11.6 Å². The number of likely N-dealkylation sites (tertiary alicyclic amines) is 1. The fourth-order valence-corrected chi connectivity index (χ4v) is 5.94. The van der Waals surface area contributed by atoms with Gasteiger partial charge < -0.3 is 4.74 Å². The van der Waals surface area contributed by atoms with E-state index in [9.17, 15) is 26.3 Å². The van der Waals surface area contributed by atoms with Crippen molar-refractivity contribution in [2.24, 2.45) is 5.92 Å². The molecule has 1 fully saturated rings. The van der Waals surface area contributed by atoms with Crippen molar-refractivity contribution in [2.75, 3.05) is 13.1 Å². The second-order valence-electron chi connectivity index (χ2n) is 9.28. The predicted molar refractivity (Wildman–Crippen MR) is 120 cm³/mol. The van der Waals surface area contributed by atoms with Gasteiger partial charge in [-0.1, -0.05) is 6.92 Å². The van der Waals surface area contributed by atoms with Gasteiger partial charge in [-0.15, -0.1) is 11.3 Å². The van der Waals surface area contributed by atoms with Crippen LogP contribution < -0.4 is 4.74 Å². The third-order valence-electron chi connectivity index (χ3n) is 6.59. The average molecular weight is 516 g/mol. The van der Waals surface area contributed by atoms with E-state index in [0.29, 0.717) is 40.6 Å². The molecule has 0 spiro atoms. The lowest BCUT2D eigenvalue weighted by atomic mass is 9.99. The van der Waals surface area contributed by atoms with E-state index < -0.39 is 29.2 Å². The Morgan fingerprint density at radius 2 is 1.63 bits per heavy atom. The lowest BCUT2D eigenvalue weighted by Gasteiger charge is -2.29. The van der Waals surface area contributed by atoms with Crippen LogP contribution in [0.25, 0.3) is 10.2 Å². The molecule has 0 radical (unpaired) electrons. The summed E-state index contributed by atoms with van der Waals surface area (Å²) in [5.74, 6) is 0.549. The summed E-state index contributed by atoms with van der Waals surface area (Å²) in [4.78, 5) is 13.2. The number of nitrogens with zero attached hydrogens (tertiary/aromatic N) is 3. The minimum atomic E-state index is -4.96. The summed E-state index contributed by atoms with van der Waals surface area (Å²) >= 11 is 1.49. The Hall–Kier alpha value is -2.40. The highest BCUT2D eigenvalue weighted by atomic mass is 32.1. The number of alkyl halides is 6. The largest absolute Gasteiger partial charge is 0.438 e. The first-order valence-electron chi connectivity index (χ1n) is 11.5. The molecule has 11 heteroatoms. The van der Waals surface area contributed by atoms with Gasteiger partial charge >= 0.3 is 12.4 Å². The van der Waals surface area contributed by atoms with Gasteiger partial charge in [0.15, 0.2) is 0 Å². The van der Waals surface area contributed by atoms with E-state index in [2.05, 4.69) is 16.8 Å². The molecule has 0 saturated carbocycles. The number of thiophene rings is 1. The summed E-state index contributed by atoms with van der Waals surface area (Å²) < 4.78 is 85.9. The Balaban J connectivity index is 1.56. The highest BCUT2D eigenvalue weighted by Gasteiger charge is 2.37. The quantitative estimate of drug-likeness (QED) is 0.343. The molecule has 0 amide bonds. The molecule has 3 aromatic rings.